The molecule has 100 valence electrons. The summed E-state index contributed by atoms with van der Waals surface area (Å²) in [5.41, 5.74) is 2.20. The van der Waals surface area contributed by atoms with Crippen LogP contribution in [0.25, 0.3) is 0 Å². The highest BCUT2D eigenvalue weighted by atomic mass is 35.5. The lowest BCUT2D eigenvalue weighted by molar-refractivity contribution is 0.0944. The van der Waals surface area contributed by atoms with Crippen LogP contribution in [-0.2, 0) is 0 Å². The first-order valence-corrected chi connectivity index (χ1v) is 7.14. The van der Waals surface area contributed by atoms with Crippen molar-refractivity contribution in [1.82, 2.24) is 0 Å². The van der Waals surface area contributed by atoms with Crippen molar-refractivity contribution in [2.45, 2.75) is 39.0 Å². The summed E-state index contributed by atoms with van der Waals surface area (Å²) in [6.07, 6.45) is 6.01. The first-order chi connectivity index (χ1) is 8.65. The molecule has 18 heavy (non-hydrogen) atoms. The van der Waals surface area contributed by atoms with Crippen LogP contribution >= 0.6 is 11.6 Å². The molecule has 0 aromatic heterocycles. The molecule has 1 fully saturated rings. The van der Waals surface area contributed by atoms with E-state index in [9.17, 15) is 5.11 Å². The fourth-order valence-electron chi connectivity index (χ4n) is 2.68. The fraction of sp³-hybridized carbons (Fsp3) is 0.600. The van der Waals surface area contributed by atoms with E-state index < -0.39 is 0 Å². The summed E-state index contributed by atoms with van der Waals surface area (Å²) in [4.78, 5) is 0. The van der Waals surface area contributed by atoms with Gasteiger partial charge in [0.2, 0.25) is 0 Å². The van der Waals surface area contributed by atoms with E-state index in [0.717, 1.165) is 35.7 Å². The van der Waals surface area contributed by atoms with Crippen LogP contribution in [0.3, 0.4) is 0 Å². The molecule has 0 heterocycles. The van der Waals surface area contributed by atoms with Gasteiger partial charge in [0.1, 0.15) is 0 Å². The minimum absolute atomic E-state index is 0.0651. The lowest BCUT2D eigenvalue weighted by Gasteiger charge is -2.36. The molecule has 1 saturated carbocycles. The number of halogens is 1. The predicted octanol–water partition coefficient (Wildman–Crippen LogP) is 4.00. The summed E-state index contributed by atoms with van der Waals surface area (Å²) < 4.78 is 0. The second kappa shape index (κ2) is 5.94. The van der Waals surface area contributed by atoms with E-state index in [1.165, 1.54) is 19.3 Å². The number of rotatable bonds is 4. The number of aliphatic hydroxyl groups excluding tert-OH is 1. The number of anilines is 1. The predicted molar refractivity (Wildman–Crippen MR) is 77.3 cm³/mol. The third-order valence-electron chi connectivity index (χ3n) is 4.09. The van der Waals surface area contributed by atoms with Crippen molar-refractivity contribution in [1.29, 1.82) is 0 Å². The standard InChI is InChI=1S/C15H22ClNO/c1-12-5-6-13(9-14(12)16)17-10-15(11-18)7-3-2-4-8-15/h5-6,9,17-18H,2-4,7-8,10-11H2,1H3. The highest BCUT2D eigenvalue weighted by Crippen LogP contribution is 2.36. The van der Waals surface area contributed by atoms with Crippen LogP contribution in [0.4, 0.5) is 5.69 Å². The SMILES string of the molecule is Cc1ccc(NCC2(CO)CCCCC2)cc1Cl. The zero-order chi connectivity index (χ0) is 13.0. The second-order valence-electron chi connectivity index (χ2n) is 5.54. The number of hydrogen-bond acceptors (Lipinski definition) is 2. The van der Waals surface area contributed by atoms with E-state index in [-0.39, 0.29) is 12.0 Å². The molecule has 1 aliphatic rings. The van der Waals surface area contributed by atoms with Gasteiger partial charge in [-0.2, -0.15) is 0 Å². The third kappa shape index (κ3) is 3.18. The van der Waals surface area contributed by atoms with E-state index in [0.29, 0.717) is 0 Å². The largest absolute Gasteiger partial charge is 0.396 e. The van der Waals surface area contributed by atoms with Crippen molar-refractivity contribution in [3.8, 4) is 0 Å². The summed E-state index contributed by atoms with van der Waals surface area (Å²) in [5.74, 6) is 0. The molecule has 1 aromatic rings. The molecule has 0 saturated heterocycles. The normalized spacial score (nSPS) is 18.6. The Labute approximate surface area is 114 Å². The molecule has 3 heteroatoms. The highest BCUT2D eigenvalue weighted by molar-refractivity contribution is 6.31. The molecule has 0 bridgehead atoms. The lowest BCUT2D eigenvalue weighted by atomic mass is 9.74. The first kappa shape index (κ1) is 13.7. The van der Waals surface area contributed by atoms with Gasteiger partial charge in [0.05, 0.1) is 6.61 Å². The van der Waals surface area contributed by atoms with E-state index in [2.05, 4.69) is 11.4 Å². The molecule has 0 spiro atoms. The lowest BCUT2D eigenvalue weighted by Crippen LogP contribution is -2.35. The van der Waals surface area contributed by atoms with Crippen LogP contribution in [-0.4, -0.2) is 18.3 Å². The number of benzene rings is 1. The van der Waals surface area contributed by atoms with Gasteiger partial charge in [-0.1, -0.05) is 36.9 Å². The molecule has 1 aliphatic carbocycles. The van der Waals surface area contributed by atoms with Crippen molar-refractivity contribution in [2.24, 2.45) is 5.41 Å². The average molecular weight is 268 g/mol. The number of aliphatic hydroxyl groups is 1. The maximum Gasteiger partial charge on any atom is 0.0504 e. The minimum Gasteiger partial charge on any atom is -0.396 e. The molecular formula is C15H22ClNO. The number of aryl methyl sites for hydroxylation is 1. The molecule has 0 radical (unpaired) electrons. The van der Waals surface area contributed by atoms with Crippen LogP contribution in [0.1, 0.15) is 37.7 Å². The quantitative estimate of drug-likeness (QED) is 0.864. The Morgan fingerprint density at radius 1 is 1.28 bits per heavy atom. The van der Waals surface area contributed by atoms with Gasteiger partial charge in [0.15, 0.2) is 0 Å². The zero-order valence-corrected chi connectivity index (χ0v) is 11.8. The number of hydrogen-bond donors (Lipinski definition) is 2. The Bertz CT molecular complexity index is 399. The molecule has 2 nitrogen and oxygen atoms in total. The van der Waals surface area contributed by atoms with Gasteiger partial charge in [-0.3, -0.25) is 0 Å². The van der Waals surface area contributed by atoms with Crippen LogP contribution in [0.15, 0.2) is 18.2 Å². The fourth-order valence-corrected chi connectivity index (χ4v) is 2.87. The van der Waals surface area contributed by atoms with E-state index in [4.69, 9.17) is 11.6 Å². The van der Waals surface area contributed by atoms with Crippen molar-refractivity contribution >= 4 is 17.3 Å². The summed E-state index contributed by atoms with van der Waals surface area (Å²) in [6, 6.07) is 6.04. The van der Waals surface area contributed by atoms with E-state index >= 15 is 0 Å². The van der Waals surface area contributed by atoms with Gasteiger partial charge in [0.25, 0.3) is 0 Å². The summed E-state index contributed by atoms with van der Waals surface area (Å²) in [7, 11) is 0. The molecule has 0 aliphatic heterocycles. The highest BCUT2D eigenvalue weighted by Gasteiger charge is 2.31. The molecule has 0 unspecified atom stereocenters. The maximum atomic E-state index is 9.65. The Kier molecular flexibility index (Phi) is 4.52. The molecule has 2 rings (SSSR count). The minimum atomic E-state index is 0.0651. The van der Waals surface area contributed by atoms with Crippen LogP contribution in [0.5, 0.6) is 0 Å². The van der Waals surface area contributed by atoms with Crippen molar-refractivity contribution in [3.05, 3.63) is 28.8 Å². The summed E-state index contributed by atoms with van der Waals surface area (Å²) >= 11 is 6.11. The van der Waals surface area contributed by atoms with Gasteiger partial charge < -0.3 is 10.4 Å². The maximum absolute atomic E-state index is 9.65. The van der Waals surface area contributed by atoms with Gasteiger partial charge in [-0.05, 0) is 37.5 Å². The van der Waals surface area contributed by atoms with Crippen LogP contribution in [0.2, 0.25) is 5.02 Å². The number of nitrogens with one attached hydrogen (secondary N) is 1. The van der Waals surface area contributed by atoms with E-state index in [1.54, 1.807) is 0 Å². The van der Waals surface area contributed by atoms with Crippen molar-refractivity contribution in [2.75, 3.05) is 18.5 Å². The molecular weight excluding hydrogens is 246 g/mol. The van der Waals surface area contributed by atoms with Gasteiger partial charge in [0, 0.05) is 22.7 Å². The zero-order valence-electron chi connectivity index (χ0n) is 11.0. The van der Waals surface area contributed by atoms with Gasteiger partial charge in [-0.15, -0.1) is 0 Å². The van der Waals surface area contributed by atoms with Crippen LogP contribution < -0.4 is 5.32 Å². The Hall–Kier alpha value is -0.730. The summed E-state index contributed by atoms with van der Waals surface area (Å²) in [6.45, 7) is 3.12. The topological polar surface area (TPSA) is 32.3 Å². The van der Waals surface area contributed by atoms with Crippen molar-refractivity contribution in [3.63, 3.8) is 0 Å². The van der Waals surface area contributed by atoms with Crippen LogP contribution in [0, 0.1) is 12.3 Å². The Morgan fingerprint density at radius 3 is 2.61 bits per heavy atom. The first-order valence-electron chi connectivity index (χ1n) is 6.76. The Morgan fingerprint density at radius 2 is 2.00 bits per heavy atom. The Balaban J connectivity index is 1.98. The summed E-state index contributed by atoms with van der Waals surface area (Å²) in [5, 5.41) is 13.9. The van der Waals surface area contributed by atoms with Crippen molar-refractivity contribution < 1.29 is 5.11 Å². The molecule has 1 aromatic carbocycles. The second-order valence-corrected chi connectivity index (χ2v) is 5.94. The monoisotopic (exact) mass is 267 g/mol. The van der Waals surface area contributed by atoms with Gasteiger partial charge in [-0.25, -0.2) is 0 Å². The molecule has 0 amide bonds. The van der Waals surface area contributed by atoms with Gasteiger partial charge >= 0.3 is 0 Å². The average Bonchev–Trinajstić information content (AvgIpc) is 2.41. The smallest absolute Gasteiger partial charge is 0.0504 e. The third-order valence-corrected chi connectivity index (χ3v) is 4.50. The van der Waals surface area contributed by atoms with E-state index in [1.807, 2.05) is 19.1 Å². The molecule has 0 atom stereocenters. The molecule has 2 N–H and O–H groups in total.